The minimum atomic E-state index is -0.230. The summed E-state index contributed by atoms with van der Waals surface area (Å²) in [4.78, 5) is 0. The van der Waals surface area contributed by atoms with Gasteiger partial charge in [0, 0.05) is 15.5 Å². The van der Waals surface area contributed by atoms with Gasteiger partial charge in [0.1, 0.15) is 5.75 Å². The topological polar surface area (TPSA) is 18.5 Å². The number of hydrogen-bond acceptors (Lipinski definition) is 3. The summed E-state index contributed by atoms with van der Waals surface area (Å²) in [5.74, 6) is 1.60. The van der Waals surface area contributed by atoms with Gasteiger partial charge in [0.05, 0.1) is 17.9 Å². The van der Waals surface area contributed by atoms with E-state index in [4.69, 9.17) is 9.47 Å². The molecule has 1 saturated carbocycles. The van der Waals surface area contributed by atoms with Gasteiger partial charge in [-0.05, 0) is 55.5 Å². The molecule has 1 aromatic heterocycles. The van der Waals surface area contributed by atoms with Crippen LogP contribution in [0.15, 0.2) is 30.3 Å². The van der Waals surface area contributed by atoms with Crippen molar-refractivity contribution in [1.29, 1.82) is 0 Å². The monoisotopic (exact) mass is 358 g/mol. The summed E-state index contributed by atoms with van der Waals surface area (Å²) in [6.07, 6.45) is 5.83. The molecule has 0 aliphatic heterocycles. The van der Waals surface area contributed by atoms with Crippen LogP contribution in [0.4, 0.5) is 4.39 Å². The Morgan fingerprint density at radius 2 is 1.96 bits per heavy atom. The van der Waals surface area contributed by atoms with Gasteiger partial charge in [-0.3, -0.25) is 0 Å². The third kappa shape index (κ3) is 3.32. The van der Waals surface area contributed by atoms with E-state index >= 15 is 0 Å². The Morgan fingerprint density at radius 3 is 2.72 bits per heavy atom. The molecule has 0 atom stereocenters. The third-order valence-corrected chi connectivity index (χ3v) is 6.14. The van der Waals surface area contributed by atoms with E-state index in [1.54, 1.807) is 6.07 Å². The number of ether oxygens (including phenoxy) is 2. The molecule has 25 heavy (non-hydrogen) atoms. The molecule has 2 aromatic carbocycles. The zero-order chi connectivity index (χ0) is 17.2. The molecule has 0 bridgehead atoms. The van der Waals surface area contributed by atoms with Crippen LogP contribution in [0.5, 0.6) is 11.5 Å². The highest BCUT2D eigenvalue weighted by Crippen LogP contribution is 2.40. The van der Waals surface area contributed by atoms with Crippen molar-refractivity contribution in [2.75, 3.05) is 13.2 Å². The normalized spacial score (nSPS) is 14.8. The number of rotatable bonds is 7. The Balaban J connectivity index is 1.62. The highest BCUT2D eigenvalue weighted by Gasteiger charge is 2.20. The number of benzene rings is 2. The molecule has 1 fully saturated rings. The second kappa shape index (κ2) is 7.20. The molecular formula is C21H23FO2S. The second-order valence-corrected chi connectivity index (χ2v) is 7.88. The van der Waals surface area contributed by atoms with Gasteiger partial charge in [-0.25, -0.2) is 4.39 Å². The quantitative estimate of drug-likeness (QED) is 0.446. The zero-order valence-corrected chi connectivity index (χ0v) is 15.3. The standard InChI is InChI=1S/C21H23FO2S/c1-2-3-11-23-15-7-8-16-17-9-10-18(24-13-14-5-4-6-14)20(22)21(17)25-19(16)12-15/h7-10,12,14H,2-6,11,13H2,1H3. The van der Waals surface area contributed by atoms with E-state index in [0.29, 0.717) is 23.0 Å². The van der Waals surface area contributed by atoms with E-state index < -0.39 is 0 Å². The van der Waals surface area contributed by atoms with Crippen LogP contribution < -0.4 is 9.47 Å². The third-order valence-electron chi connectivity index (χ3n) is 4.98. The summed E-state index contributed by atoms with van der Waals surface area (Å²) in [6, 6.07) is 9.77. The zero-order valence-electron chi connectivity index (χ0n) is 14.5. The van der Waals surface area contributed by atoms with Crippen LogP contribution in [0.2, 0.25) is 0 Å². The van der Waals surface area contributed by atoms with Gasteiger partial charge >= 0.3 is 0 Å². The van der Waals surface area contributed by atoms with Crippen LogP contribution in [-0.2, 0) is 0 Å². The van der Waals surface area contributed by atoms with Crippen molar-refractivity contribution in [3.05, 3.63) is 36.1 Å². The van der Waals surface area contributed by atoms with Crippen molar-refractivity contribution in [2.45, 2.75) is 39.0 Å². The Bertz CT molecular complexity index is 882. The fraction of sp³-hybridized carbons (Fsp3) is 0.429. The van der Waals surface area contributed by atoms with Crippen molar-refractivity contribution in [2.24, 2.45) is 5.92 Å². The Morgan fingerprint density at radius 1 is 1.12 bits per heavy atom. The lowest BCUT2D eigenvalue weighted by Crippen LogP contribution is -2.19. The Labute approximate surface area is 151 Å². The number of halogens is 1. The second-order valence-electron chi connectivity index (χ2n) is 6.82. The summed E-state index contributed by atoms with van der Waals surface area (Å²) in [6.45, 7) is 3.50. The van der Waals surface area contributed by atoms with Gasteiger partial charge < -0.3 is 9.47 Å². The minimum Gasteiger partial charge on any atom is -0.494 e. The summed E-state index contributed by atoms with van der Waals surface area (Å²) in [5.41, 5.74) is 0. The Kier molecular flexibility index (Phi) is 4.80. The summed E-state index contributed by atoms with van der Waals surface area (Å²) in [7, 11) is 0. The predicted octanol–water partition coefficient (Wildman–Crippen LogP) is 6.55. The van der Waals surface area contributed by atoms with Crippen molar-refractivity contribution < 1.29 is 13.9 Å². The van der Waals surface area contributed by atoms with E-state index in [1.165, 1.54) is 30.6 Å². The van der Waals surface area contributed by atoms with Gasteiger partial charge in [-0.15, -0.1) is 11.3 Å². The molecule has 0 amide bonds. The maximum absolute atomic E-state index is 14.9. The molecule has 4 heteroatoms. The molecule has 4 rings (SSSR count). The van der Waals surface area contributed by atoms with Crippen LogP contribution in [0.1, 0.15) is 39.0 Å². The van der Waals surface area contributed by atoms with E-state index in [0.717, 1.165) is 40.7 Å². The van der Waals surface area contributed by atoms with Crippen molar-refractivity contribution in [3.8, 4) is 11.5 Å². The first kappa shape index (κ1) is 16.6. The molecule has 3 aromatic rings. The van der Waals surface area contributed by atoms with Crippen LogP contribution in [0.3, 0.4) is 0 Å². The van der Waals surface area contributed by atoms with Crippen LogP contribution in [0, 0.1) is 11.7 Å². The fourth-order valence-corrected chi connectivity index (χ4v) is 4.33. The van der Waals surface area contributed by atoms with E-state index in [-0.39, 0.29) is 5.82 Å². The first-order valence-corrected chi connectivity index (χ1v) is 9.98. The predicted molar refractivity (Wildman–Crippen MR) is 103 cm³/mol. The summed E-state index contributed by atoms with van der Waals surface area (Å²) < 4.78 is 28.1. The lowest BCUT2D eigenvalue weighted by Gasteiger charge is -2.25. The SMILES string of the molecule is CCCCOc1ccc2c(c1)sc1c(F)c(OCC3CCC3)ccc12. The van der Waals surface area contributed by atoms with Crippen LogP contribution in [0.25, 0.3) is 20.2 Å². The molecule has 132 valence electrons. The van der Waals surface area contributed by atoms with Crippen molar-refractivity contribution in [3.63, 3.8) is 0 Å². The van der Waals surface area contributed by atoms with Crippen molar-refractivity contribution in [1.82, 2.24) is 0 Å². The average molecular weight is 358 g/mol. The molecule has 0 spiro atoms. The van der Waals surface area contributed by atoms with E-state index in [2.05, 4.69) is 6.92 Å². The largest absolute Gasteiger partial charge is 0.494 e. The minimum absolute atomic E-state index is 0.230. The van der Waals surface area contributed by atoms with Gasteiger partial charge in [0.2, 0.25) is 0 Å². The maximum Gasteiger partial charge on any atom is 0.182 e. The number of fused-ring (bicyclic) bond motifs is 3. The van der Waals surface area contributed by atoms with E-state index in [1.807, 2.05) is 24.3 Å². The lowest BCUT2D eigenvalue weighted by atomic mass is 9.86. The summed E-state index contributed by atoms with van der Waals surface area (Å²) in [5, 5.41) is 2.03. The molecule has 0 saturated heterocycles. The molecule has 0 unspecified atom stereocenters. The van der Waals surface area contributed by atoms with E-state index in [9.17, 15) is 4.39 Å². The summed E-state index contributed by atoms with van der Waals surface area (Å²) >= 11 is 1.47. The van der Waals surface area contributed by atoms with Gasteiger partial charge in [0.15, 0.2) is 11.6 Å². The molecule has 1 aliphatic carbocycles. The number of hydrogen-bond donors (Lipinski definition) is 0. The van der Waals surface area contributed by atoms with Crippen molar-refractivity contribution >= 4 is 31.5 Å². The Hall–Kier alpha value is -1.81. The highest BCUT2D eigenvalue weighted by molar-refractivity contribution is 7.25. The number of thiophene rings is 1. The number of unbranched alkanes of at least 4 members (excludes halogenated alkanes) is 1. The average Bonchev–Trinajstić information content (AvgIpc) is 2.94. The smallest absolute Gasteiger partial charge is 0.182 e. The first-order chi connectivity index (χ1) is 12.3. The molecule has 0 N–H and O–H groups in total. The van der Waals surface area contributed by atoms with Crippen LogP contribution in [-0.4, -0.2) is 13.2 Å². The van der Waals surface area contributed by atoms with Gasteiger partial charge in [-0.2, -0.15) is 0 Å². The maximum atomic E-state index is 14.9. The molecular weight excluding hydrogens is 335 g/mol. The first-order valence-electron chi connectivity index (χ1n) is 9.16. The highest BCUT2D eigenvalue weighted by atomic mass is 32.1. The van der Waals surface area contributed by atoms with Crippen LogP contribution >= 0.6 is 11.3 Å². The van der Waals surface area contributed by atoms with Gasteiger partial charge in [-0.1, -0.05) is 19.8 Å². The fourth-order valence-electron chi connectivity index (χ4n) is 3.17. The molecule has 2 nitrogen and oxygen atoms in total. The molecule has 1 heterocycles. The van der Waals surface area contributed by atoms with Gasteiger partial charge in [0.25, 0.3) is 0 Å². The molecule has 1 aliphatic rings. The molecule has 0 radical (unpaired) electrons. The lowest BCUT2D eigenvalue weighted by molar-refractivity contribution is 0.176.